The summed E-state index contributed by atoms with van der Waals surface area (Å²) in [6, 6.07) is 6.45. The number of rotatable bonds is 4. The van der Waals surface area contributed by atoms with Crippen LogP contribution in [0.15, 0.2) is 48.6 Å². The number of nitrogens with zero attached hydrogens (tertiary/aromatic N) is 1. The summed E-state index contributed by atoms with van der Waals surface area (Å²) in [5, 5.41) is 9.95. The zero-order valence-corrected chi connectivity index (χ0v) is 12.2. The molecule has 1 aromatic carbocycles. The normalized spacial score (nSPS) is 25.0. The topological polar surface area (TPSA) is 97.5 Å². The number of allylic oxidation sites excluding steroid dienone is 2. The van der Waals surface area contributed by atoms with Crippen LogP contribution in [-0.2, 0) is 16.5 Å². The summed E-state index contributed by atoms with van der Waals surface area (Å²) in [5.41, 5.74) is 0.0786. The lowest BCUT2D eigenvalue weighted by molar-refractivity contribution is -0.385. The minimum Gasteiger partial charge on any atom is -0.285 e. The molecule has 21 heavy (non-hydrogen) atoms. The van der Waals surface area contributed by atoms with Crippen molar-refractivity contribution in [3.8, 4) is 0 Å². The molecule has 1 N–H and O–H groups in total. The average molecular weight is 309 g/mol. The standard InChI is InChI=1S/C14H15NO5S/c1-14(8-6-12(7-9-14)21(18,19)20)10-11-4-2-3-5-13(11)15(16)17/h2-9,12H,10H2,1H3,(H,18,19,20). The monoisotopic (exact) mass is 309 g/mol. The highest BCUT2D eigenvalue weighted by atomic mass is 32.2. The van der Waals surface area contributed by atoms with E-state index in [0.717, 1.165) is 0 Å². The zero-order valence-electron chi connectivity index (χ0n) is 11.3. The van der Waals surface area contributed by atoms with Gasteiger partial charge in [0.2, 0.25) is 0 Å². The van der Waals surface area contributed by atoms with Gasteiger partial charge in [-0.15, -0.1) is 0 Å². The molecule has 0 unspecified atom stereocenters. The highest BCUT2D eigenvalue weighted by Crippen LogP contribution is 2.33. The van der Waals surface area contributed by atoms with Crippen molar-refractivity contribution < 1.29 is 17.9 Å². The molecule has 0 atom stereocenters. The van der Waals surface area contributed by atoms with Gasteiger partial charge in [0.15, 0.2) is 0 Å². The summed E-state index contributed by atoms with van der Waals surface area (Å²) >= 11 is 0. The molecule has 1 aliphatic carbocycles. The lowest BCUT2D eigenvalue weighted by atomic mass is 9.80. The smallest absolute Gasteiger partial charge is 0.275 e. The van der Waals surface area contributed by atoms with E-state index in [1.54, 1.807) is 30.4 Å². The molecule has 6 nitrogen and oxygen atoms in total. The van der Waals surface area contributed by atoms with E-state index in [-0.39, 0.29) is 5.69 Å². The molecule has 7 heteroatoms. The summed E-state index contributed by atoms with van der Waals surface area (Å²) in [7, 11) is -4.15. The van der Waals surface area contributed by atoms with E-state index in [1.807, 2.05) is 6.92 Å². The summed E-state index contributed by atoms with van der Waals surface area (Å²) in [6.45, 7) is 1.84. The maximum absolute atomic E-state index is 11.1. The van der Waals surface area contributed by atoms with E-state index in [0.29, 0.717) is 12.0 Å². The van der Waals surface area contributed by atoms with Crippen LogP contribution in [0.1, 0.15) is 12.5 Å². The largest absolute Gasteiger partial charge is 0.285 e. The molecule has 1 aromatic rings. The van der Waals surface area contributed by atoms with Crippen LogP contribution in [0.2, 0.25) is 0 Å². The van der Waals surface area contributed by atoms with Crippen LogP contribution < -0.4 is 0 Å². The number of benzene rings is 1. The van der Waals surface area contributed by atoms with Gasteiger partial charge in [0, 0.05) is 17.0 Å². The number of hydrogen-bond acceptors (Lipinski definition) is 4. The molecule has 2 rings (SSSR count). The second-order valence-corrected chi connectivity index (χ2v) is 6.84. The van der Waals surface area contributed by atoms with Crippen LogP contribution in [0.25, 0.3) is 0 Å². The fraction of sp³-hybridized carbons (Fsp3) is 0.286. The third-order valence-electron chi connectivity index (χ3n) is 3.44. The number of hydrogen-bond donors (Lipinski definition) is 1. The fourth-order valence-electron chi connectivity index (χ4n) is 2.31. The zero-order chi connectivity index (χ0) is 15.7. The Morgan fingerprint density at radius 3 is 2.38 bits per heavy atom. The molecule has 0 spiro atoms. The summed E-state index contributed by atoms with van der Waals surface area (Å²) in [6.07, 6.45) is 6.47. The summed E-state index contributed by atoms with van der Waals surface area (Å²) < 4.78 is 31.1. The minimum absolute atomic E-state index is 0.0393. The molecule has 1 aliphatic rings. The quantitative estimate of drug-likeness (QED) is 0.399. The molecule has 0 aromatic heterocycles. The van der Waals surface area contributed by atoms with Crippen LogP contribution in [0.3, 0.4) is 0 Å². The maximum Gasteiger partial charge on any atom is 0.275 e. The van der Waals surface area contributed by atoms with Gasteiger partial charge < -0.3 is 0 Å². The molecule has 0 heterocycles. The Labute approximate surface area is 122 Å². The molecule has 0 aliphatic heterocycles. The third kappa shape index (κ3) is 3.56. The van der Waals surface area contributed by atoms with E-state index >= 15 is 0 Å². The van der Waals surface area contributed by atoms with Gasteiger partial charge in [-0.05, 0) is 6.42 Å². The molecule has 112 valence electrons. The Morgan fingerprint density at radius 2 is 1.86 bits per heavy atom. The first-order valence-electron chi connectivity index (χ1n) is 6.29. The fourth-order valence-corrected chi connectivity index (χ4v) is 2.87. The van der Waals surface area contributed by atoms with Crippen LogP contribution >= 0.6 is 0 Å². The van der Waals surface area contributed by atoms with Gasteiger partial charge in [-0.3, -0.25) is 14.7 Å². The molecule has 0 saturated carbocycles. The van der Waals surface area contributed by atoms with Crippen LogP contribution in [0.5, 0.6) is 0 Å². The van der Waals surface area contributed by atoms with Crippen molar-refractivity contribution in [2.75, 3.05) is 0 Å². The van der Waals surface area contributed by atoms with Crippen molar-refractivity contribution >= 4 is 15.8 Å². The minimum atomic E-state index is -4.15. The van der Waals surface area contributed by atoms with Gasteiger partial charge in [-0.25, -0.2) is 0 Å². The molecule has 0 saturated heterocycles. The van der Waals surface area contributed by atoms with E-state index in [9.17, 15) is 18.5 Å². The Balaban J connectivity index is 2.26. The second-order valence-electron chi connectivity index (χ2n) is 5.27. The highest BCUT2D eigenvalue weighted by molar-refractivity contribution is 7.86. The third-order valence-corrected chi connectivity index (χ3v) is 4.44. The lowest BCUT2D eigenvalue weighted by Crippen LogP contribution is -2.24. The number of nitro benzene ring substituents is 1. The van der Waals surface area contributed by atoms with Gasteiger partial charge >= 0.3 is 0 Å². The predicted octanol–water partition coefficient (Wildman–Crippen LogP) is 2.53. The van der Waals surface area contributed by atoms with Gasteiger partial charge in [0.25, 0.3) is 15.8 Å². The van der Waals surface area contributed by atoms with Crippen LogP contribution in [-0.4, -0.2) is 23.1 Å². The molecule has 0 bridgehead atoms. The van der Waals surface area contributed by atoms with Gasteiger partial charge in [0.05, 0.1) is 4.92 Å². The highest BCUT2D eigenvalue weighted by Gasteiger charge is 2.28. The average Bonchev–Trinajstić information content (AvgIpc) is 2.38. The Hall–Kier alpha value is -1.99. The van der Waals surface area contributed by atoms with E-state index in [1.165, 1.54) is 18.2 Å². The molecule has 0 amide bonds. The van der Waals surface area contributed by atoms with Gasteiger partial charge in [0.1, 0.15) is 5.25 Å². The van der Waals surface area contributed by atoms with E-state index in [4.69, 9.17) is 4.55 Å². The molecular formula is C14H15NO5S. The van der Waals surface area contributed by atoms with Gasteiger partial charge in [-0.2, -0.15) is 8.42 Å². The molecule has 0 radical (unpaired) electrons. The Kier molecular flexibility index (Phi) is 3.97. The van der Waals surface area contributed by atoms with Crippen molar-refractivity contribution in [1.82, 2.24) is 0 Å². The first-order valence-corrected chi connectivity index (χ1v) is 7.79. The van der Waals surface area contributed by atoms with E-state index in [2.05, 4.69) is 0 Å². The summed E-state index contributed by atoms with van der Waals surface area (Å²) in [4.78, 5) is 10.6. The van der Waals surface area contributed by atoms with Crippen molar-refractivity contribution in [2.24, 2.45) is 5.41 Å². The lowest BCUT2D eigenvalue weighted by Gasteiger charge is -2.26. The second kappa shape index (κ2) is 5.42. The van der Waals surface area contributed by atoms with Crippen molar-refractivity contribution in [1.29, 1.82) is 0 Å². The number of nitro groups is 1. The molecular weight excluding hydrogens is 294 g/mol. The molecule has 0 fully saturated rings. The van der Waals surface area contributed by atoms with Crippen molar-refractivity contribution in [3.05, 3.63) is 64.2 Å². The predicted molar refractivity (Wildman–Crippen MR) is 78.5 cm³/mol. The Bertz CT molecular complexity index is 707. The maximum atomic E-state index is 11.1. The summed E-state index contributed by atoms with van der Waals surface area (Å²) in [5.74, 6) is 0. The number of para-hydroxylation sites is 1. The van der Waals surface area contributed by atoms with E-state index < -0.39 is 25.7 Å². The SMILES string of the molecule is CC1(Cc2ccccc2[N+](=O)[O-])C=CC(S(=O)(=O)O)C=C1. The van der Waals surface area contributed by atoms with Crippen molar-refractivity contribution in [2.45, 2.75) is 18.6 Å². The first-order chi connectivity index (χ1) is 9.71. The Morgan fingerprint density at radius 1 is 1.29 bits per heavy atom. The van der Waals surface area contributed by atoms with Gasteiger partial charge in [-0.1, -0.05) is 49.4 Å². The van der Waals surface area contributed by atoms with Crippen LogP contribution in [0.4, 0.5) is 5.69 Å². The van der Waals surface area contributed by atoms with Crippen molar-refractivity contribution in [3.63, 3.8) is 0 Å². The van der Waals surface area contributed by atoms with Crippen LogP contribution in [0, 0.1) is 15.5 Å². The first kappa shape index (κ1) is 15.4.